The molecule has 0 saturated heterocycles. The molecule has 3 heteroatoms. The van der Waals surface area contributed by atoms with Crippen molar-refractivity contribution in [3.63, 3.8) is 0 Å². The summed E-state index contributed by atoms with van der Waals surface area (Å²) in [6, 6.07) is 5.09. The van der Waals surface area contributed by atoms with Crippen molar-refractivity contribution in [3.8, 4) is 5.75 Å². The first-order valence-electron chi connectivity index (χ1n) is 4.85. The van der Waals surface area contributed by atoms with E-state index < -0.39 is 0 Å². The van der Waals surface area contributed by atoms with Gasteiger partial charge >= 0.3 is 0 Å². The highest BCUT2D eigenvalue weighted by atomic mass is 19.1. The maximum atomic E-state index is 13.8. The molecule has 1 rings (SSSR count). The molecule has 82 valence electrons. The molecule has 0 fully saturated rings. The molecule has 0 saturated carbocycles. The van der Waals surface area contributed by atoms with Crippen LogP contribution in [0.15, 0.2) is 30.9 Å². The van der Waals surface area contributed by atoms with Crippen LogP contribution in [0.25, 0.3) is 0 Å². The smallest absolute Gasteiger partial charge is 0.169 e. The first-order chi connectivity index (χ1) is 7.24. The highest BCUT2D eigenvalue weighted by molar-refractivity contribution is 5.33. The zero-order valence-electron chi connectivity index (χ0n) is 9.09. The van der Waals surface area contributed by atoms with E-state index in [1.165, 1.54) is 7.11 Å². The van der Waals surface area contributed by atoms with E-state index in [9.17, 15) is 4.39 Å². The van der Waals surface area contributed by atoms with Crippen LogP contribution in [0.3, 0.4) is 0 Å². The Morgan fingerprint density at radius 3 is 2.87 bits per heavy atom. The zero-order chi connectivity index (χ0) is 11.3. The number of hydrogen-bond acceptors (Lipinski definition) is 2. The Labute approximate surface area is 89.8 Å². The van der Waals surface area contributed by atoms with Crippen LogP contribution in [0.5, 0.6) is 5.75 Å². The zero-order valence-corrected chi connectivity index (χ0v) is 9.09. The first-order valence-corrected chi connectivity index (χ1v) is 4.85. The van der Waals surface area contributed by atoms with Gasteiger partial charge in [0, 0.05) is 11.6 Å². The lowest BCUT2D eigenvalue weighted by molar-refractivity contribution is 0.380. The Bertz CT molecular complexity index is 338. The van der Waals surface area contributed by atoms with Gasteiger partial charge in [0.15, 0.2) is 11.6 Å². The lowest BCUT2D eigenvalue weighted by Gasteiger charge is -2.16. The van der Waals surface area contributed by atoms with Gasteiger partial charge in [0.05, 0.1) is 7.11 Å². The second-order valence-electron chi connectivity index (χ2n) is 3.23. The summed E-state index contributed by atoms with van der Waals surface area (Å²) in [5.41, 5.74) is 0.608. The van der Waals surface area contributed by atoms with Gasteiger partial charge in [0.25, 0.3) is 0 Å². The molecule has 0 bridgehead atoms. The Kier molecular flexibility index (Phi) is 4.31. The van der Waals surface area contributed by atoms with E-state index in [0.29, 0.717) is 12.0 Å². The van der Waals surface area contributed by atoms with Gasteiger partial charge in [-0.25, -0.2) is 4.39 Å². The van der Waals surface area contributed by atoms with Crippen LogP contribution < -0.4 is 10.1 Å². The minimum Gasteiger partial charge on any atom is -0.494 e. The molecule has 1 N–H and O–H groups in total. The van der Waals surface area contributed by atoms with Gasteiger partial charge in [-0.1, -0.05) is 18.2 Å². The van der Waals surface area contributed by atoms with Crippen molar-refractivity contribution in [3.05, 3.63) is 42.2 Å². The number of halogens is 1. The second-order valence-corrected chi connectivity index (χ2v) is 3.23. The van der Waals surface area contributed by atoms with Crippen LogP contribution >= 0.6 is 0 Å². The summed E-state index contributed by atoms with van der Waals surface area (Å²) in [7, 11) is 3.26. The monoisotopic (exact) mass is 209 g/mol. The molecule has 1 unspecified atom stereocenters. The molecule has 0 heterocycles. The summed E-state index contributed by atoms with van der Waals surface area (Å²) in [5.74, 6) is -0.0296. The maximum Gasteiger partial charge on any atom is 0.169 e. The lowest BCUT2D eigenvalue weighted by Crippen LogP contribution is -2.17. The SMILES string of the molecule is C=CCC(NC)c1cccc(OC)c1F. The van der Waals surface area contributed by atoms with E-state index in [4.69, 9.17) is 4.74 Å². The van der Waals surface area contributed by atoms with Gasteiger partial charge in [-0.3, -0.25) is 0 Å². The third kappa shape index (κ3) is 2.57. The highest BCUT2D eigenvalue weighted by Gasteiger charge is 2.15. The van der Waals surface area contributed by atoms with Gasteiger partial charge in [0.2, 0.25) is 0 Å². The number of ether oxygens (including phenoxy) is 1. The third-order valence-corrected chi connectivity index (χ3v) is 2.34. The summed E-state index contributed by atoms with van der Waals surface area (Å²) in [6.45, 7) is 3.65. The maximum absolute atomic E-state index is 13.8. The predicted octanol–water partition coefficient (Wildman–Crippen LogP) is 2.67. The molecule has 1 atom stereocenters. The van der Waals surface area contributed by atoms with Crippen LogP contribution in [0.2, 0.25) is 0 Å². The fourth-order valence-electron chi connectivity index (χ4n) is 1.52. The number of hydrogen-bond donors (Lipinski definition) is 1. The molecule has 0 amide bonds. The number of rotatable bonds is 5. The van der Waals surface area contributed by atoms with Gasteiger partial charge in [-0.15, -0.1) is 6.58 Å². The van der Waals surface area contributed by atoms with Crippen LogP contribution in [0.4, 0.5) is 4.39 Å². The molecule has 0 aliphatic carbocycles. The van der Waals surface area contributed by atoms with Crippen molar-refractivity contribution in [2.75, 3.05) is 14.2 Å². The average Bonchev–Trinajstić information content (AvgIpc) is 2.27. The minimum absolute atomic E-state index is 0.0578. The highest BCUT2D eigenvalue weighted by Crippen LogP contribution is 2.26. The quantitative estimate of drug-likeness (QED) is 0.753. The third-order valence-electron chi connectivity index (χ3n) is 2.34. The Hall–Kier alpha value is -1.35. The van der Waals surface area contributed by atoms with E-state index in [1.807, 2.05) is 0 Å². The second kappa shape index (κ2) is 5.51. The molecule has 15 heavy (non-hydrogen) atoms. The molecule has 2 nitrogen and oxygen atoms in total. The van der Waals surface area contributed by atoms with Crippen molar-refractivity contribution in [2.24, 2.45) is 0 Å². The Balaban J connectivity index is 3.06. The van der Waals surface area contributed by atoms with Crippen molar-refractivity contribution in [2.45, 2.75) is 12.5 Å². The van der Waals surface area contributed by atoms with Gasteiger partial charge < -0.3 is 10.1 Å². The van der Waals surface area contributed by atoms with Gasteiger partial charge in [0.1, 0.15) is 0 Å². The lowest BCUT2D eigenvalue weighted by atomic mass is 10.0. The fourth-order valence-corrected chi connectivity index (χ4v) is 1.52. The van der Waals surface area contributed by atoms with Crippen LogP contribution in [0, 0.1) is 5.82 Å². The van der Waals surface area contributed by atoms with Gasteiger partial charge in [-0.05, 0) is 19.5 Å². The number of methoxy groups -OCH3 is 1. The number of benzene rings is 1. The predicted molar refractivity (Wildman–Crippen MR) is 59.6 cm³/mol. The van der Waals surface area contributed by atoms with E-state index in [-0.39, 0.29) is 17.6 Å². The largest absolute Gasteiger partial charge is 0.494 e. The standard InChI is InChI=1S/C12H16FNO/c1-4-6-10(14-2)9-7-5-8-11(15-3)12(9)13/h4-5,7-8,10,14H,1,6H2,2-3H3. The van der Waals surface area contributed by atoms with E-state index in [0.717, 1.165) is 0 Å². The Morgan fingerprint density at radius 2 is 2.33 bits per heavy atom. The van der Waals surface area contributed by atoms with Gasteiger partial charge in [-0.2, -0.15) is 0 Å². The van der Waals surface area contributed by atoms with Crippen LogP contribution in [-0.2, 0) is 0 Å². The normalized spacial score (nSPS) is 12.2. The number of nitrogens with one attached hydrogen (secondary N) is 1. The topological polar surface area (TPSA) is 21.3 Å². The summed E-state index contributed by atoms with van der Waals surface area (Å²) in [6.07, 6.45) is 2.45. The summed E-state index contributed by atoms with van der Waals surface area (Å²) < 4.78 is 18.8. The molecular formula is C12H16FNO. The molecule has 0 aliphatic heterocycles. The van der Waals surface area contributed by atoms with Crippen LogP contribution in [-0.4, -0.2) is 14.2 Å². The molecule has 1 aromatic rings. The molecule has 0 spiro atoms. The van der Waals surface area contributed by atoms with E-state index in [2.05, 4.69) is 11.9 Å². The van der Waals surface area contributed by atoms with E-state index in [1.54, 1.807) is 31.3 Å². The summed E-state index contributed by atoms with van der Waals surface area (Å²) in [4.78, 5) is 0. The van der Waals surface area contributed by atoms with Crippen molar-refractivity contribution in [1.82, 2.24) is 5.32 Å². The Morgan fingerprint density at radius 1 is 1.60 bits per heavy atom. The summed E-state index contributed by atoms with van der Waals surface area (Å²) >= 11 is 0. The first kappa shape index (κ1) is 11.7. The fraction of sp³-hybridized carbons (Fsp3) is 0.333. The van der Waals surface area contributed by atoms with Crippen LogP contribution in [0.1, 0.15) is 18.0 Å². The summed E-state index contributed by atoms with van der Waals surface area (Å²) in [5, 5.41) is 3.04. The molecule has 0 aromatic heterocycles. The average molecular weight is 209 g/mol. The molecule has 0 aliphatic rings. The molecule has 0 radical (unpaired) electrons. The van der Waals surface area contributed by atoms with E-state index >= 15 is 0 Å². The van der Waals surface area contributed by atoms with Crippen molar-refractivity contribution >= 4 is 0 Å². The minimum atomic E-state index is -0.304. The van der Waals surface area contributed by atoms with Crippen molar-refractivity contribution < 1.29 is 9.13 Å². The van der Waals surface area contributed by atoms with Crippen molar-refractivity contribution in [1.29, 1.82) is 0 Å². The molecule has 1 aromatic carbocycles. The molecular weight excluding hydrogens is 193 g/mol.